The van der Waals surface area contributed by atoms with Crippen LogP contribution in [0.4, 0.5) is 10.1 Å². The molecule has 1 unspecified atom stereocenters. The van der Waals surface area contributed by atoms with E-state index in [-0.39, 0.29) is 22.6 Å². The lowest BCUT2D eigenvalue weighted by atomic mass is 10.0. The van der Waals surface area contributed by atoms with Crippen molar-refractivity contribution in [3.05, 3.63) is 70.2 Å². The fourth-order valence-corrected chi connectivity index (χ4v) is 5.15. The Morgan fingerprint density at radius 2 is 2.06 bits per heavy atom. The smallest absolute Gasteiger partial charge is 0.269 e. The molecule has 0 bridgehead atoms. The van der Waals surface area contributed by atoms with Crippen LogP contribution in [0, 0.1) is 5.82 Å². The molecule has 33 heavy (non-hydrogen) atoms. The molecule has 1 amide bonds. The first kappa shape index (κ1) is 18.2. The summed E-state index contributed by atoms with van der Waals surface area (Å²) in [5, 5.41) is 2.69. The van der Waals surface area contributed by atoms with Crippen molar-refractivity contribution in [3.8, 4) is 0 Å². The van der Waals surface area contributed by atoms with Gasteiger partial charge in [0.25, 0.3) is 11.5 Å². The quantitative estimate of drug-likeness (QED) is 0.636. The second-order valence-electron chi connectivity index (χ2n) is 8.81. The standard InChI is InChI=1S/C25H28FN5O2/c1-27-24(32)21-6-5-19(14-28-21)30-11-8-18(9-12-30)31-10-7-17(15-31)22-13-16-3-2-4-20(26)23(16)25(33)29-22/h2-6,13-14,17-18H,7-12,15H2,1H3,(H,27,32)(H,29,33)/i1D3. The van der Waals surface area contributed by atoms with Crippen LogP contribution < -0.4 is 15.8 Å². The lowest BCUT2D eigenvalue weighted by Crippen LogP contribution is -2.44. The number of aromatic nitrogens is 2. The number of amides is 1. The fourth-order valence-electron chi connectivity index (χ4n) is 5.15. The molecule has 0 saturated carbocycles. The van der Waals surface area contributed by atoms with E-state index in [1.165, 1.54) is 6.07 Å². The molecular weight excluding hydrogens is 421 g/mol. The highest BCUT2D eigenvalue weighted by Crippen LogP contribution is 2.31. The number of nitrogens with one attached hydrogen (secondary N) is 2. The third-order valence-electron chi connectivity index (χ3n) is 6.94. The van der Waals surface area contributed by atoms with Gasteiger partial charge in [0.2, 0.25) is 0 Å². The molecule has 5 rings (SSSR count). The van der Waals surface area contributed by atoms with Gasteiger partial charge in [-0.3, -0.25) is 14.5 Å². The first-order valence-electron chi connectivity index (χ1n) is 12.8. The number of rotatable bonds is 4. The first-order chi connectivity index (χ1) is 17.2. The van der Waals surface area contributed by atoms with Gasteiger partial charge in [0.15, 0.2) is 0 Å². The van der Waals surface area contributed by atoms with Crippen LogP contribution in [0.5, 0.6) is 0 Å². The highest BCUT2D eigenvalue weighted by Gasteiger charge is 2.32. The van der Waals surface area contributed by atoms with Crippen LogP contribution in [0.3, 0.4) is 0 Å². The van der Waals surface area contributed by atoms with Gasteiger partial charge in [-0.15, -0.1) is 0 Å². The zero-order chi connectivity index (χ0) is 25.4. The molecule has 0 radical (unpaired) electrons. The van der Waals surface area contributed by atoms with Crippen molar-refractivity contribution in [1.82, 2.24) is 20.2 Å². The van der Waals surface area contributed by atoms with E-state index in [4.69, 9.17) is 4.11 Å². The lowest BCUT2D eigenvalue weighted by molar-refractivity contribution is 0.0958. The summed E-state index contributed by atoms with van der Waals surface area (Å²) < 4.78 is 35.5. The number of anilines is 1. The Morgan fingerprint density at radius 1 is 1.21 bits per heavy atom. The third-order valence-corrected chi connectivity index (χ3v) is 6.94. The van der Waals surface area contributed by atoms with E-state index in [9.17, 15) is 14.0 Å². The van der Waals surface area contributed by atoms with Crippen molar-refractivity contribution in [2.24, 2.45) is 0 Å². The third kappa shape index (κ3) is 4.23. The molecular formula is C25H28FN5O2. The molecule has 172 valence electrons. The van der Waals surface area contributed by atoms with Crippen molar-refractivity contribution in [2.75, 3.05) is 38.1 Å². The Hall–Kier alpha value is -3.26. The molecule has 2 saturated heterocycles. The number of carbonyl (C=O) groups is 1. The van der Waals surface area contributed by atoms with E-state index < -0.39 is 18.7 Å². The molecule has 1 atom stereocenters. The number of halogens is 1. The number of piperidine rings is 1. The molecule has 2 aromatic heterocycles. The monoisotopic (exact) mass is 452 g/mol. The average molecular weight is 453 g/mol. The van der Waals surface area contributed by atoms with Gasteiger partial charge >= 0.3 is 0 Å². The minimum Gasteiger partial charge on any atom is -0.370 e. The highest BCUT2D eigenvalue weighted by atomic mass is 19.1. The predicted molar refractivity (Wildman–Crippen MR) is 126 cm³/mol. The van der Waals surface area contributed by atoms with E-state index in [0.717, 1.165) is 56.8 Å². The second kappa shape index (κ2) is 8.94. The van der Waals surface area contributed by atoms with Crippen LogP contribution in [0.2, 0.25) is 0 Å². The number of hydrogen-bond donors (Lipinski definition) is 2. The van der Waals surface area contributed by atoms with Crippen molar-refractivity contribution >= 4 is 22.4 Å². The van der Waals surface area contributed by atoms with Gasteiger partial charge in [-0.2, -0.15) is 0 Å². The summed E-state index contributed by atoms with van der Waals surface area (Å²) in [4.78, 5) is 36.2. The Labute approximate surface area is 195 Å². The van der Waals surface area contributed by atoms with Crippen molar-refractivity contribution in [2.45, 2.75) is 31.2 Å². The summed E-state index contributed by atoms with van der Waals surface area (Å²) in [6, 6.07) is 10.4. The molecule has 0 spiro atoms. The molecule has 2 fully saturated rings. The fraction of sp³-hybridized carbons (Fsp3) is 0.400. The van der Waals surface area contributed by atoms with Gasteiger partial charge in [0.1, 0.15) is 11.5 Å². The number of likely N-dealkylation sites (tertiary alicyclic amines) is 1. The Bertz CT molecular complexity index is 1320. The van der Waals surface area contributed by atoms with E-state index >= 15 is 0 Å². The maximum atomic E-state index is 14.1. The maximum Gasteiger partial charge on any atom is 0.269 e. The maximum absolute atomic E-state index is 14.1. The zero-order valence-electron chi connectivity index (χ0n) is 21.2. The number of benzene rings is 1. The molecule has 8 heteroatoms. The van der Waals surface area contributed by atoms with Crippen LogP contribution in [0.25, 0.3) is 10.8 Å². The van der Waals surface area contributed by atoms with Crippen molar-refractivity contribution < 1.29 is 13.3 Å². The van der Waals surface area contributed by atoms with Gasteiger partial charge in [0.05, 0.1) is 17.3 Å². The normalized spacial score (nSPS) is 21.5. The molecule has 2 aliphatic rings. The largest absolute Gasteiger partial charge is 0.370 e. The molecule has 7 nitrogen and oxygen atoms in total. The van der Waals surface area contributed by atoms with Crippen molar-refractivity contribution in [3.63, 3.8) is 0 Å². The van der Waals surface area contributed by atoms with Gasteiger partial charge in [0, 0.05) is 48.4 Å². The topological polar surface area (TPSA) is 81.3 Å². The number of hydrogen-bond acceptors (Lipinski definition) is 5. The van der Waals surface area contributed by atoms with Gasteiger partial charge < -0.3 is 15.2 Å². The number of pyridine rings is 2. The number of H-pyrrole nitrogens is 1. The minimum atomic E-state index is -2.55. The Balaban J connectivity index is 1.18. The SMILES string of the molecule is [2H]C([2H])([2H])NC(=O)c1ccc(N2CCC(N3CCC(c4cc5cccc(F)c5c(=O)[nH]4)C3)CC2)cn1. The van der Waals surface area contributed by atoms with Gasteiger partial charge in [-0.1, -0.05) is 12.1 Å². The number of aromatic amines is 1. The molecule has 1 aromatic carbocycles. The summed E-state index contributed by atoms with van der Waals surface area (Å²) >= 11 is 0. The lowest BCUT2D eigenvalue weighted by Gasteiger charge is -2.37. The van der Waals surface area contributed by atoms with Crippen LogP contribution in [-0.4, -0.2) is 60.0 Å². The Kier molecular flexibility index (Phi) is 4.93. The molecule has 2 aliphatic heterocycles. The van der Waals surface area contributed by atoms with Crippen molar-refractivity contribution in [1.29, 1.82) is 0 Å². The van der Waals surface area contributed by atoms with Crippen LogP contribution >= 0.6 is 0 Å². The number of carbonyl (C=O) groups excluding carboxylic acids is 1. The van der Waals surface area contributed by atoms with Gasteiger partial charge in [-0.25, -0.2) is 9.37 Å². The van der Waals surface area contributed by atoms with E-state index in [1.54, 1.807) is 30.5 Å². The van der Waals surface area contributed by atoms with E-state index in [1.807, 2.05) is 11.4 Å². The van der Waals surface area contributed by atoms with E-state index in [0.29, 0.717) is 11.4 Å². The first-order valence-corrected chi connectivity index (χ1v) is 11.3. The summed E-state index contributed by atoms with van der Waals surface area (Å²) in [6.07, 6.45) is 4.52. The highest BCUT2D eigenvalue weighted by molar-refractivity contribution is 5.92. The number of fused-ring (bicyclic) bond motifs is 1. The van der Waals surface area contributed by atoms with Gasteiger partial charge in [-0.05, 0) is 55.5 Å². The predicted octanol–water partition coefficient (Wildman–Crippen LogP) is 2.88. The molecule has 4 heterocycles. The summed E-state index contributed by atoms with van der Waals surface area (Å²) in [5.74, 6) is -1.01. The summed E-state index contributed by atoms with van der Waals surface area (Å²) in [6.45, 7) is 0.958. The molecule has 0 aliphatic carbocycles. The van der Waals surface area contributed by atoms with Crippen LogP contribution in [-0.2, 0) is 0 Å². The zero-order valence-corrected chi connectivity index (χ0v) is 18.2. The Morgan fingerprint density at radius 3 is 2.82 bits per heavy atom. The second-order valence-corrected chi connectivity index (χ2v) is 8.81. The average Bonchev–Trinajstić information content (AvgIpc) is 3.33. The molecule has 2 N–H and O–H groups in total. The van der Waals surface area contributed by atoms with Crippen LogP contribution in [0.1, 0.15) is 45.5 Å². The summed E-state index contributed by atoms with van der Waals surface area (Å²) in [5.41, 5.74) is 1.47. The molecule has 3 aromatic rings. The van der Waals surface area contributed by atoms with E-state index in [2.05, 4.69) is 19.8 Å². The number of nitrogens with zero attached hydrogens (tertiary/aromatic N) is 3. The summed E-state index contributed by atoms with van der Waals surface area (Å²) in [7, 11) is 0. The van der Waals surface area contributed by atoms with Crippen LogP contribution in [0.15, 0.2) is 47.4 Å². The minimum absolute atomic E-state index is 0.0716.